The second-order valence-corrected chi connectivity index (χ2v) is 6.57. The van der Waals surface area contributed by atoms with Gasteiger partial charge in [-0.15, -0.1) is 0 Å². The van der Waals surface area contributed by atoms with Gasteiger partial charge in [-0.3, -0.25) is 4.79 Å². The van der Waals surface area contributed by atoms with Gasteiger partial charge in [-0.1, -0.05) is 19.8 Å². The Morgan fingerprint density at radius 1 is 1.38 bits per heavy atom. The van der Waals surface area contributed by atoms with Gasteiger partial charge in [0.25, 0.3) is 5.91 Å². The summed E-state index contributed by atoms with van der Waals surface area (Å²) >= 11 is 0. The highest BCUT2D eigenvalue weighted by Crippen LogP contribution is 2.39. The van der Waals surface area contributed by atoms with Crippen LogP contribution in [0.5, 0.6) is 0 Å². The Labute approximate surface area is 126 Å². The SMILES string of the molecule is CC1CCN(C(=O)c2cn(CCN)cn2)C2CCCCC12. The summed E-state index contributed by atoms with van der Waals surface area (Å²) < 4.78 is 1.90. The number of amides is 1. The highest BCUT2D eigenvalue weighted by Gasteiger charge is 2.39. The Morgan fingerprint density at radius 3 is 3.00 bits per heavy atom. The molecular weight excluding hydrogens is 264 g/mol. The number of nitrogens with zero attached hydrogens (tertiary/aromatic N) is 3. The maximum absolute atomic E-state index is 12.8. The van der Waals surface area contributed by atoms with Crippen LogP contribution in [0.15, 0.2) is 12.5 Å². The van der Waals surface area contributed by atoms with Gasteiger partial charge in [0.05, 0.1) is 6.33 Å². The van der Waals surface area contributed by atoms with Gasteiger partial charge in [0.2, 0.25) is 0 Å². The lowest BCUT2D eigenvalue weighted by Crippen LogP contribution is -2.52. The highest BCUT2D eigenvalue weighted by molar-refractivity contribution is 5.92. The number of carbonyl (C=O) groups excluding carboxylic acids is 1. The van der Waals surface area contributed by atoms with Gasteiger partial charge in [-0.05, 0) is 31.1 Å². The van der Waals surface area contributed by atoms with Crippen LogP contribution >= 0.6 is 0 Å². The van der Waals surface area contributed by atoms with E-state index in [-0.39, 0.29) is 5.91 Å². The smallest absolute Gasteiger partial charge is 0.274 e. The van der Waals surface area contributed by atoms with E-state index >= 15 is 0 Å². The first-order chi connectivity index (χ1) is 10.2. The van der Waals surface area contributed by atoms with Crippen molar-refractivity contribution >= 4 is 5.91 Å². The van der Waals surface area contributed by atoms with Gasteiger partial charge < -0.3 is 15.2 Å². The molecule has 1 saturated carbocycles. The number of nitrogens with two attached hydrogens (primary N) is 1. The van der Waals surface area contributed by atoms with Crippen LogP contribution in [0.3, 0.4) is 0 Å². The number of hydrogen-bond donors (Lipinski definition) is 1. The van der Waals surface area contributed by atoms with Gasteiger partial charge in [0.1, 0.15) is 5.69 Å². The van der Waals surface area contributed by atoms with E-state index in [1.807, 2.05) is 10.8 Å². The Balaban J connectivity index is 1.76. The van der Waals surface area contributed by atoms with E-state index in [0.717, 1.165) is 25.3 Å². The topological polar surface area (TPSA) is 64.2 Å². The lowest BCUT2D eigenvalue weighted by molar-refractivity contribution is 0.0213. The second-order valence-electron chi connectivity index (χ2n) is 6.57. The highest BCUT2D eigenvalue weighted by atomic mass is 16.2. The summed E-state index contributed by atoms with van der Waals surface area (Å²) in [5.74, 6) is 1.53. The van der Waals surface area contributed by atoms with Crippen molar-refractivity contribution in [2.45, 2.75) is 51.6 Å². The van der Waals surface area contributed by atoms with Crippen LogP contribution in [-0.2, 0) is 6.54 Å². The van der Waals surface area contributed by atoms with E-state index in [4.69, 9.17) is 5.73 Å². The first kappa shape index (κ1) is 14.6. The molecule has 3 atom stereocenters. The molecule has 2 heterocycles. The largest absolute Gasteiger partial charge is 0.335 e. The Kier molecular flexibility index (Phi) is 4.29. The van der Waals surface area contributed by atoms with E-state index in [0.29, 0.717) is 30.7 Å². The molecule has 2 aliphatic rings. The van der Waals surface area contributed by atoms with Crippen LogP contribution < -0.4 is 5.73 Å². The van der Waals surface area contributed by atoms with Crippen molar-refractivity contribution in [1.29, 1.82) is 0 Å². The normalized spacial score (nSPS) is 29.2. The summed E-state index contributed by atoms with van der Waals surface area (Å²) in [7, 11) is 0. The number of aromatic nitrogens is 2. The monoisotopic (exact) mass is 290 g/mol. The molecule has 2 N–H and O–H groups in total. The maximum atomic E-state index is 12.8. The first-order valence-electron chi connectivity index (χ1n) is 8.23. The molecule has 1 aliphatic carbocycles. The zero-order valence-electron chi connectivity index (χ0n) is 12.9. The molecule has 5 heteroatoms. The summed E-state index contributed by atoms with van der Waals surface area (Å²) in [6, 6.07) is 0.426. The molecule has 116 valence electrons. The molecule has 0 radical (unpaired) electrons. The van der Waals surface area contributed by atoms with E-state index in [9.17, 15) is 4.79 Å². The molecule has 1 saturated heterocycles. The number of hydrogen-bond acceptors (Lipinski definition) is 3. The summed E-state index contributed by atoms with van der Waals surface area (Å²) in [5, 5.41) is 0. The lowest BCUT2D eigenvalue weighted by Gasteiger charge is -2.47. The van der Waals surface area contributed by atoms with Crippen molar-refractivity contribution < 1.29 is 4.79 Å². The Bertz CT molecular complexity index is 498. The molecule has 3 rings (SSSR count). The van der Waals surface area contributed by atoms with Gasteiger partial charge >= 0.3 is 0 Å². The van der Waals surface area contributed by atoms with Crippen LogP contribution in [0, 0.1) is 11.8 Å². The van der Waals surface area contributed by atoms with Crippen molar-refractivity contribution in [2.24, 2.45) is 17.6 Å². The van der Waals surface area contributed by atoms with Crippen molar-refractivity contribution in [2.75, 3.05) is 13.1 Å². The molecule has 5 nitrogen and oxygen atoms in total. The number of piperidine rings is 1. The molecule has 1 amide bonds. The molecule has 0 spiro atoms. The van der Waals surface area contributed by atoms with Crippen LogP contribution in [-0.4, -0.2) is 39.5 Å². The fourth-order valence-electron chi connectivity index (χ4n) is 4.05. The molecule has 1 aliphatic heterocycles. The molecule has 1 aromatic heterocycles. The predicted octanol–water partition coefficient (Wildman–Crippen LogP) is 1.88. The maximum Gasteiger partial charge on any atom is 0.274 e. The summed E-state index contributed by atoms with van der Waals surface area (Å²) in [6.45, 7) is 4.50. The third-order valence-electron chi connectivity index (χ3n) is 5.24. The van der Waals surface area contributed by atoms with Crippen molar-refractivity contribution in [1.82, 2.24) is 14.5 Å². The van der Waals surface area contributed by atoms with E-state index < -0.39 is 0 Å². The minimum absolute atomic E-state index is 0.106. The second kappa shape index (κ2) is 6.18. The lowest BCUT2D eigenvalue weighted by atomic mass is 9.72. The molecule has 3 unspecified atom stereocenters. The molecule has 21 heavy (non-hydrogen) atoms. The zero-order valence-corrected chi connectivity index (χ0v) is 12.9. The average Bonchev–Trinajstić information content (AvgIpc) is 2.96. The number of carbonyl (C=O) groups is 1. The fraction of sp³-hybridized carbons (Fsp3) is 0.750. The quantitative estimate of drug-likeness (QED) is 0.924. The molecular formula is C16H26N4O. The van der Waals surface area contributed by atoms with Gasteiger partial charge in [-0.25, -0.2) is 4.98 Å². The number of rotatable bonds is 3. The zero-order chi connectivity index (χ0) is 14.8. The number of fused-ring (bicyclic) bond motifs is 1. The van der Waals surface area contributed by atoms with Crippen LogP contribution in [0.4, 0.5) is 0 Å². The van der Waals surface area contributed by atoms with Crippen LogP contribution in [0.25, 0.3) is 0 Å². The van der Waals surface area contributed by atoms with Crippen LogP contribution in [0.1, 0.15) is 49.5 Å². The fourth-order valence-corrected chi connectivity index (χ4v) is 4.05. The number of imidazole rings is 1. The summed E-state index contributed by atoms with van der Waals surface area (Å²) in [6.07, 6.45) is 9.67. The summed E-state index contributed by atoms with van der Waals surface area (Å²) in [4.78, 5) is 19.2. The third kappa shape index (κ3) is 2.84. The van der Waals surface area contributed by atoms with E-state index in [1.165, 1.54) is 19.3 Å². The minimum atomic E-state index is 0.106. The Hall–Kier alpha value is -1.36. The molecule has 2 fully saturated rings. The van der Waals surface area contributed by atoms with Gasteiger partial charge in [0.15, 0.2) is 0 Å². The van der Waals surface area contributed by atoms with Crippen molar-refractivity contribution in [3.8, 4) is 0 Å². The van der Waals surface area contributed by atoms with Crippen molar-refractivity contribution in [3.05, 3.63) is 18.2 Å². The standard InChI is InChI=1S/C16H26N4O/c1-12-6-8-20(15-5-3-2-4-13(12)15)16(21)14-10-19(9-7-17)11-18-14/h10-13,15H,2-9,17H2,1H3. The van der Waals surface area contributed by atoms with E-state index in [1.54, 1.807) is 6.33 Å². The van der Waals surface area contributed by atoms with Gasteiger partial charge in [0, 0.05) is 31.9 Å². The van der Waals surface area contributed by atoms with E-state index in [2.05, 4.69) is 16.8 Å². The Morgan fingerprint density at radius 2 is 2.19 bits per heavy atom. The first-order valence-corrected chi connectivity index (χ1v) is 8.23. The third-order valence-corrected chi connectivity index (χ3v) is 5.24. The number of likely N-dealkylation sites (tertiary alicyclic amines) is 1. The predicted molar refractivity (Wildman–Crippen MR) is 81.8 cm³/mol. The minimum Gasteiger partial charge on any atom is -0.335 e. The molecule has 0 bridgehead atoms. The van der Waals surface area contributed by atoms with Crippen molar-refractivity contribution in [3.63, 3.8) is 0 Å². The molecule has 1 aromatic rings. The van der Waals surface area contributed by atoms with Gasteiger partial charge in [-0.2, -0.15) is 0 Å². The van der Waals surface area contributed by atoms with Crippen LogP contribution in [0.2, 0.25) is 0 Å². The molecule has 0 aromatic carbocycles. The summed E-state index contributed by atoms with van der Waals surface area (Å²) in [5.41, 5.74) is 6.12. The average molecular weight is 290 g/mol.